The van der Waals surface area contributed by atoms with Gasteiger partial charge in [0.25, 0.3) is 0 Å². The van der Waals surface area contributed by atoms with Gasteiger partial charge in [-0.2, -0.15) is 0 Å². The number of benzene rings is 2. The zero-order valence-electron chi connectivity index (χ0n) is 12.2. The van der Waals surface area contributed by atoms with Crippen LogP contribution in [0, 0.1) is 0 Å². The van der Waals surface area contributed by atoms with E-state index in [9.17, 15) is 4.79 Å². The molecule has 0 saturated heterocycles. The minimum absolute atomic E-state index is 0.335. The topological polar surface area (TPSA) is 40.5 Å². The quantitative estimate of drug-likeness (QED) is 0.932. The second kappa shape index (κ2) is 5.60. The number of aryl methyl sites for hydroxylation is 1. The minimum atomic E-state index is -0.879. The number of nitrogens with zero attached hydrogens (tertiary/aromatic N) is 1. The standard InChI is InChI=1S/C18H19NO2/c1-19(12-13-8-10-15(11-9-13)18(20)21)17-7-3-5-14-4-2-6-16(14)17/h3,5,7-11H,2,4,6,12H2,1H3,(H,20,21). The smallest absolute Gasteiger partial charge is 0.335 e. The van der Waals surface area contributed by atoms with Gasteiger partial charge >= 0.3 is 5.97 Å². The van der Waals surface area contributed by atoms with E-state index in [-0.39, 0.29) is 0 Å². The molecule has 0 aliphatic heterocycles. The van der Waals surface area contributed by atoms with Gasteiger partial charge in [-0.05, 0) is 54.2 Å². The van der Waals surface area contributed by atoms with Crippen LogP contribution in [0.15, 0.2) is 42.5 Å². The Labute approximate surface area is 124 Å². The van der Waals surface area contributed by atoms with Gasteiger partial charge in [-0.15, -0.1) is 0 Å². The Bertz CT molecular complexity index is 661. The van der Waals surface area contributed by atoms with Crippen molar-refractivity contribution in [3.63, 3.8) is 0 Å². The maximum Gasteiger partial charge on any atom is 0.335 e. The molecule has 0 radical (unpaired) electrons. The molecule has 0 fully saturated rings. The van der Waals surface area contributed by atoms with Gasteiger partial charge in [-0.3, -0.25) is 0 Å². The lowest BCUT2D eigenvalue weighted by molar-refractivity contribution is 0.0697. The van der Waals surface area contributed by atoms with Crippen molar-refractivity contribution in [1.82, 2.24) is 0 Å². The van der Waals surface area contributed by atoms with Crippen molar-refractivity contribution in [2.24, 2.45) is 0 Å². The van der Waals surface area contributed by atoms with Crippen molar-refractivity contribution >= 4 is 11.7 Å². The second-order valence-corrected chi connectivity index (χ2v) is 5.63. The van der Waals surface area contributed by atoms with Gasteiger partial charge in [-0.1, -0.05) is 24.3 Å². The molecule has 1 N–H and O–H groups in total. The Balaban J connectivity index is 1.79. The Morgan fingerprint density at radius 1 is 1.14 bits per heavy atom. The lowest BCUT2D eigenvalue weighted by Crippen LogP contribution is -2.18. The maximum atomic E-state index is 10.9. The molecular weight excluding hydrogens is 262 g/mol. The summed E-state index contributed by atoms with van der Waals surface area (Å²) >= 11 is 0. The summed E-state index contributed by atoms with van der Waals surface area (Å²) < 4.78 is 0. The van der Waals surface area contributed by atoms with Crippen LogP contribution < -0.4 is 4.90 Å². The first-order valence-corrected chi connectivity index (χ1v) is 7.29. The van der Waals surface area contributed by atoms with Gasteiger partial charge in [0.2, 0.25) is 0 Å². The third-order valence-corrected chi connectivity index (χ3v) is 4.15. The highest BCUT2D eigenvalue weighted by atomic mass is 16.4. The monoisotopic (exact) mass is 281 g/mol. The normalized spacial score (nSPS) is 13.0. The van der Waals surface area contributed by atoms with E-state index in [4.69, 9.17) is 5.11 Å². The fourth-order valence-corrected chi connectivity index (χ4v) is 3.07. The van der Waals surface area contributed by atoms with Crippen LogP contribution >= 0.6 is 0 Å². The summed E-state index contributed by atoms with van der Waals surface area (Å²) in [6.07, 6.45) is 3.59. The van der Waals surface area contributed by atoms with Crippen molar-refractivity contribution in [2.45, 2.75) is 25.8 Å². The molecule has 0 aromatic heterocycles. The summed E-state index contributed by atoms with van der Waals surface area (Å²) in [7, 11) is 2.10. The van der Waals surface area contributed by atoms with Crippen LogP contribution in [0.1, 0.15) is 33.5 Å². The number of hydrogen-bond donors (Lipinski definition) is 1. The zero-order valence-corrected chi connectivity index (χ0v) is 12.2. The average Bonchev–Trinajstić information content (AvgIpc) is 2.96. The molecule has 1 aliphatic carbocycles. The number of hydrogen-bond acceptors (Lipinski definition) is 2. The van der Waals surface area contributed by atoms with E-state index < -0.39 is 5.97 Å². The molecule has 2 aromatic rings. The number of carbonyl (C=O) groups is 1. The highest BCUT2D eigenvalue weighted by Gasteiger charge is 2.16. The molecule has 0 bridgehead atoms. The summed E-state index contributed by atoms with van der Waals surface area (Å²) in [5.74, 6) is -0.879. The fourth-order valence-electron chi connectivity index (χ4n) is 3.07. The SMILES string of the molecule is CN(Cc1ccc(C(=O)O)cc1)c1cccc2c1CCC2. The summed E-state index contributed by atoms with van der Waals surface area (Å²) in [5, 5.41) is 8.93. The third kappa shape index (κ3) is 2.77. The Hall–Kier alpha value is -2.29. The highest BCUT2D eigenvalue weighted by Crippen LogP contribution is 2.31. The number of carboxylic acids is 1. The molecule has 3 rings (SSSR count). The predicted octanol–water partition coefficient (Wildman–Crippen LogP) is 3.51. The van der Waals surface area contributed by atoms with E-state index in [1.807, 2.05) is 12.1 Å². The molecule has 108 valence electrons. The highest BCUT2D eigenvalue weighted by molar-refractivity contribution is 5.87. The molecule has 0 atom stereocenters. The van der Waals surface area contributed by atoms with Gasteiger partial charge in [0.05, 0.1) is 5.56 Å². The van der Waals surface area contributed by atoms with Crippen LogP contribution in [0.3, 0.4) is 0 Å². The molecule has 2 aromatic carbocycles. The number of rotatable bonds is 4. The first kappa shape index (κ1) is 13.7. The van der Waals surface area contributed by atoms with Gasteiger partial charge in [0, 0.05) is 19.3 Å². The van der Waals surface area contributed by atoms with Gasteiger partial charge in [0.1, 0.15) is 0 Å². The predicted molar refractivity (Wildman–Crippen MR) is 84.0 cm³/mol. The van der Waals surface area contributed by atoms with Crippen molar-refractivity contribution < 1.29 is 9.90 Å². The van der Waals surface area contributed by atoms with E-state index >= 15 is 0 Å². The number of carboxylic acid groups (broad SMARTS) is 1. The average molecular weight is 281 g/mol. The van der Waals surface area contributed by atoms with Crippen molar-refractivity contribution in [2.75, 3.05) is 11.9 Å². The van der Waals surface area contributed by atoms with E-state index in [1.54, 1.807) is 12.1 Å². The van der Waals surface area contributed by atoms with Crippen LogP contribution in [0.25, 0.3) is 0 Å². The molecule has 0 heterocycles. The fraction of sp³-hybridized carbons (Fsp3) is 0.278. The molecule has 0 amide bonds. The van der Waals surface area contributed by atoms with Gasteiger partial charge in [-0.25, -0.2) is 4.79 Å². The molecule has 3 nitrogen and oxygen atoms in total. The lowest BCUT2D eigenvalue weighted by atomic mass is 10.1. The van der Waals surface area contributed by atoms with E-state index in [2.05, 4.69) is 30.1 Å². The molecule has 1 aliphatic rings. The lowest BCUT2D eigenvalue weighted by Gasteiger charge is -2.22. The first-order chi connectivity index (χ1) is 10.1. The van der Waals surface area contributed by atoms with E-state index in [1.165, 1.54) is 29.7 Å². The summed E-state index contributed by atoms with van der Waals surface area (Å²) in [6, 6.07) is 13.6. The molecule has 0 saturated carbocycles. The van der Waals surface area contributed by atoms with Crippen molar-refractivity contribution in [1.29, 1.82) is 0 Å². The molecular formula is C18H19NO2. The second-order valence-electron chi connectivity index (χ2n) is 5.63. The Morgan fingerprint density at radius 3 is 2.62 bits per heavy atom. The first-order valence-electron chi connectivity index (χ1n) is 7.29. The largest absolute Gasteiger partial charge is 0.478 e. The number of aromatic carboxylic acids is 1. The van der Waals surface area contributed by atoms with Gasteiger partial charge < -0.3 is 10.0 Å². The van der Waals surface area contributed by atoms with Crippen LogP contribution in [0.5, 0.6) is 0 Å². The van der Waals surface area contributed by atoms with E-state index in [0.29, 0.717) is 5.56 Å². The Kier molecular flexibility index (Phi) is 3.65. The van der Waals surface area contributed by atoms with Crippen molar-refractivity contribution in [3.05, 3.63) is 64.7 Å². The molecule has 3 heteroatoms. The Morgan fingerprint density at radius 2 is 1.90 bits per heavy atom. The van der Waals surface area contributed by atoms with Gasteiger partial charge in [0.15, 0.2) is 0 Å². The van der Waals surface area contributed by atoms with Crippen molar-refractivity contribution in [3.8, 4) is 0 Å². The third-order valence-electron chi connectivity index (χ3n) is 4.15. The molecule has 21 heavy (non-hydrogen) atoms. The van der Waals surface area contributed by atoms with Crippen LogP contribution in [-0.2, 0) is 19.4 Å². The van der Waals surface area contributed by atoms with Crippen LogP contribution in [-0.4, -0.2) is 18.1 Å². The number of fused-ring (bicyclic) bond motifs is 1. The summed E-state index contributed by atoms with van der Waals surface area (Å²) in [4.78, 5) is 13.1. The van der Waals surface area contributed by atoms with Crippen LogP contribution in [0.2, 0.25) is 0 Å². The molecule has 0 spiro atoms. The molecule has 0 unspecified atom stereocenters. The summed E-state index contributed by atoms with van der Waals surface area (Å²) in [6.45, 7) is 0.788. The summed E-state index contributed by atoms with van der Waals surface area (Å²) in [5.41, 5.74) is 5.70. The maximum absolute atomic E-state index is 10.9. The number of anilines is 1. The zero-order chi connectivity index (χ0) is 14.8. The van der Waals surface area contributed by atoms with Crippen LogP contribution in [0.4, 0.5) is 5.69 Å². The van der Waals surface area contributed by atoms with E-state index in [0.717, 1.165) is 18.5 Å². The minimum Gasteiger partial charge on any atom is -0.478 e.